The minimum absolute atomic E-state index is 0.00529. The van der Waals surface area contributed by atoms with E-state index in [-0.39, 0.29) is 13.2 Å². The summed E-state index contributed by atoms with van der Waals surface area (Å²) in [5.41, 5.74) is 4.98. The Morgan fingerprint density at radius 1 is 0.879 bits per heavy atom. The van der Waals surface area contributed by atoms with Gasteiger partial charge in [-0.1, -0.05) is 0 Å². The van der Waals surface area contributed by atoms with Crippen LogP contribution in [0.4, 0.5) is 4.79 Å². The third-order valence-corrected chi connectivity index (χ3v) is 5.20. The minimum atomic E-state index is -1.79. The number of aliphatic hydroxyl groups excluding tert-OH is 6. The molecule has 1 unspecified atom stereocenters. The summed E-state index contributed by atoms with van der Waals surface area (Å²) in [6.45, 7) is -0.164. The van der Waals surface area contributed by atoms with Crippen LogP contribution in [-0.2, 0) is 28.4 Å². The van der Waals surface area contributed by atoms with Gasteiger partial charge in [-0.05, 0) is 7.05 Å². The van der Waals surface area contributed by atoms with E-state index < -0.39 is 80.7 Å². The third kappa shape index (κ3) is 7.38. The molecule has 2 rings (SSSR count). The van der Waals surface area contributed by atoms with E-state index in [0.717, 1.165) is 0 Å². The van der Waals surface area contributed by atoms with Crippen molar-refractivity contribution in [3.8, 4) is 0 Å². The molecule has 0 aromatic heterocycles. The molecule has 0 aliphatic carbocycles. The molecule has 2 aliphatic heterocycles. The van der Waals surface area contributed by atoms with Crippen LogP contribution in [0.25, 0.3) is 0 Å². The molecule has 0 spiro atoms. The van der Waals surface area contributed by atoms with E-state index in [1.165, 1.54) is 0 Å². The number of ether oxygens (including phenoxy) is 6. The van der Waals surface area contributed by atoms with Crippen molar-refractivity contribution < 1.29 is 63.9 Å². The van der Waals surface area contributed by atoms with Crippen molar-refractivity contribution in [1.29, 1.82) is 0 Å². The molecule has 0 saturated carbocycles. The SMILES string of the molecule is CNCCOCCOC1O[C@@H](CO)[C@@H](O)[C@H](O)[C@@H]1O[C@H]1O[C@H](CO)[C@@H](O)[C@H](OC(N)=O)[C@@H]1O. The Morgan fingerprint density at radius 2 is 1.52 bits per heavy atom. The van der Waals surface area contributed by atoms with Gasteiger partial charge in [-0.2, -0.15) is 0 Å². The van der Waals surface area contributed by atoms with Gasteiger partial charge in [0.1, 0.15) is 42.7 Å². The fourth-order valence-corrected chi connectivity index (χ4v) is 3.43. The highest BCUT2D eigenvalue weighted by atomic mass is 16.8. The monoisotopic (exact) mass is 486 g/mol. The summed E-state index contributed by atoms with van der Waals surface area (Å²) < 4.78 is 32.0. The van der Waals surface area contributed by atoms with Crippen LogP contribution in [0.1, 0.15) is 0 Å². The zero-order chi connectivity index (χ0) is 24.5. The van der Waals surface area contributed by atoms with E-state index in [2.05, 4.69) is 5.32 Å². The molecular weight excluding hydrogens is 452 g/mol. The number of carbonyl (C=O) groups is 1. The van der Waals surface area contributed by atoms with E-state index in [9.17, 15) is 35.4 Å². The van der Waals surface area contributed by atoms with Gasteiger partial charge in [-0.3, -0.25) is 0 Å². The highest BCUT2D eigenvalue weighted by Crippen LogP contribution is 2.30. The van der Waals surface area contributed by atoms with Crippen molar-refractivity contribution in [1.82, 2.24) is 5.32 Å². The summed E-state index contributed by atoms with van der Waals surface area (Å²) in [5, 5.41) is 63.3. The van der Waals surface area contributed by atoms with Crippen molar-refractivity contribution in [2.24, 2.45) is 5.73 Å². The number of aliphatic hydroxyl groups is 6. The summed E-state index contributed by atoms with van der Waals surface area (Å²) in [6, 6.07) is 0. The van der Waals surface area contributed by atoms with Crippen LogP contribution in [0, 0.1) is 0 Å². The average Bonchev–Trinajstić information content (AvgIpc) is 2.79. The first kappa shape index (κ1) is 28.0. The number of nitrogens with two attached hydrogens (primary N) is 1. The maximum atomic E-state index is 11.2. The van der Waals surface area contributed by atoms with Gasteiger partial charge >= 0.3 is 6.09 Å². The molecule has 1 amide bonds. The minimum Gasteiger partial charge on any atom is -0.441 e. The molecule has 0 aromatic rings. The Labute approximate surface area is 189 Å². The summed E-state index contributed by atoms with van der Waals surface area (Å²) in [6.07, 6.45) is -16.5. The molecule has 15 nitrogen and oxygen atoms in total. The molecule has 0 bridgehead atoms. The van der Waals surface area contributed by atoms with Gasteiger partial charge in [0.25, 0.3) is 0 Å². The molecule has 2 saturated heterocycles. The number of primary amides is 1. The predicted octanol–water partition coefficient (Wildman–Crippen LogP) is -5.03. The van der Waals surface area contributed by atoms with E-state index in [0.29, 0.717) is 13.2 Å². The second-order valence-corrected chi connectivity index (χ2v) is 7.50. The molecular formula is C18H34N2O13. The van der Waals surface area contributed by atoms with E-state index in [1.807, 2.05) is 0 Å². The Bertz CT molecular complexity index is 588. The van der Waals surface area contributed by atoms with Crippen molar-refractivity contribution in [3.05, 3.63) is 0 Å². The normalized spacial score (nSPS) is 39.4. The maximum Gasteiger partial charge on any atom is 0.404 e. The molecule has 10 atom stereocenters. The highest BCUT2D eigenvalue weighted by molar-refractivity contribution is 5.65. The molecule has 2 fully saturated rings. The smallest absolute Gasteiger partial charge is 0.404 e. The van der Waals surface area contributed by atoms with Crippen LogP contribution in [0.5, 0.6) is 0 Å². The molecule has 194 valence electrons. The third-order valence-electron chi connectivity index (χ3n) is 5.20. The second kappa shape index (κ2) is 13.6. The first-order valence-electron chi connectivity index (χ1n) is 10.5. The van der Waals surface area contributed by atoms with Crippen molar-refractivity contribution in [3.63, 3.8) is 0 Å². The largest absolute Gasteiger partial charge is 0.441 e. The lowest BCUT2D eigenvalue weighted by Gasteiger charge is -2.46. The maximum absolute atomic E-state index is 11.2. The Balaban J connectivity index is 2.11. The van der Waals surface area contributed by atoms with E-state index in [4.69, 9.17) is 34.2 Å². The van der Waals surface area contributed by atoms with Crippen LogP contribution in [0.2, 0.25) is 0 Å². The Hall–Kier alpha value is -1.21. The van der Waals surface area contributed by atoms with E-state index >= 15 is 0 Å². The summed E-state index contributed by atoms with van der Waals surface area (Å²) in [5.74, 6) is 0. The molecule has 0 aromatic carbocycles. The summed E-state index contributed by atoms with van der Waals surface area (Å²) in [7, 11) is 1.76. The van der Waals surface area contributed by atoms with Gasteiger partial charge in [0.2, 0.25) is 0 Å². The zero-order valence-corrected chi connectivity index (χ0v) is 18.1. The van der Waals surface area contributed by atoms with Crippen LogP contribution >= 0.6 is 0 Å². The van der Waals surface area contributed by atoms with Gasteiger partial charge < -0.3 is 70.1 Å². The van der Waals surface area contributed by atoms with Gasteiger partial charge in [0.05, 0.1) is 33.0 Å². The first-order chi connectivity index (χ1) is 15.7. The zero-order valence-electron chi connectivity index (χ0n) is 18.1. The quantitative estimate of drug-likeness (QED) is 0.121. The lowest BCUT2D eigenvalue weighted by molar-refractivity contribution is -0.367. The van der Waals surface area contributed by atoms with Gasteiger partial charge in [0.15, 0.2) is 18.7 Å². The van der Waals surface area contributed by atoms with E-state index in [1.54, 1.807) is 7.05 Å². The summed E-state index contributed by atoms with van der Waals surface area (Å²) in [4.78, 5) is 11.2. The standard InChI is InChI=1S/C18H34N2O13/c1-20-2-3-28-4-5-29-17-15(12(25)10(23)8(6-21)31-17)32-16-13(26)14(33-18(19)27)11(24)9(7-22)30-16/h8-17,20-26H,2-7H2,1H3,(H2,19,27)/t8-,9+,10+,11+,12-,13-,14-,15-,16+,17?/m0/s1. The number of rotatable bonds is 12. The lowest BCUT2D eigenvalue weighted by atomic mass is 9.97. The summed E-state index contributed by atoms with van der Waals surface area (Å²) >= 11 is 0. The Kier molecular flexibility index (Phi) is 11.6. The highest BCUT2D eigenvalue weighted by Gasteiger charge is 2.52. The lowest BCUT2D eigenvalue weighted by Crippen LogP contribution is -2.65. The fraction of sp³-hybridized carbons (Fsp3) is 0.944. The van der Waals surface area contributed by atoms with Gasteiger partial charge in [0, 0.05) is 6.54 Å². The van der Waals surface area contributed by atoms with Gasteiger partial charge in [-0.25, -0.2) is 4.79 Å². The van der Waals surface area contributed by atoms with Crippen molar-refractivity contribution in [2.75, 3.05) is 46.6 Å². The van der Waals surface area contributed by atoms with Crippen molar-refractivity contribution >= 4 is 6.09 Å². The molecule has 2 aliphatic rings. The van der Waals surface area contributed by atoms with Crippen LogP contribution in [-0.4, -0.2) is 145 Å². The van der Waals surface area contributed by atoms with Crippen LogP contribution in [0.3, 0.4) is 0 Å². The number of nitrogens with one attached hydrogen (secondary N) is 1. The molecule has 9 N–H and O–H groups in total. The number of amides is 1. The molecule has 0 radical (unpaired) electrons. The van der Waals surface area contributed by atoms with Crippen LogP contribution < -0.4 is 11.1 Å². The van der Waals surface area contributed by atoms with Gasteiger partial charge in [-0.15, -0.1) is 0 Å². The number of carbonyl (C=O) groups excluding carboxylic acids is 1. The molecule has 33 heavy (non-hydrogen) atoms. The van der Waals surface area contributed by atoms with Crippen LogP contribution in [0.15, 0.2) is 0 Å². The fourth-order valence-electron chi connectivity index (χ4n) is 3.43. The second-order valence-electron chi connectivity index (χ2n) is 7.50. The number of likely N-dealkylation sites (N-methyl/N-ethyl adjacent to an activating group) is 1. The topological polar surface area (TPSA) is 232 Å². The Morgan fingerprint density at radius 3 is 2.12 bits per heavy atom. The van der Waals surface area contributed by atoms with Crippen molar-refractivity contribution in [2.45, 2.75) is 61.4 Å². The number of hydrogen-bond donors (Lipinski definition) is 8. The number of hydrogen-bond acceptors (Lipinski definition) is 14. The predicted molar refractivity (Wildman–Crippen MR) is 106 cm³/mol. The molecule has 2 heterocycles. The average molecular weight is 486 g/mol. The first-order valence-corrected chi connectivity index (χ1v) is 10.5. The molecule has 15 heteroatoms.